The van der Waals surface area contributed by atoms with Crippen LogP contribution in [-0.4, -0.2) is 5.91 Å². The number of carbonyl (C=O) groups excluding carboxylic acids is 1. The largest absolute Gasteiger partial charge is 0.486 e. The quantitative estimate of drug-likeness (QED) is 0.490. The third-order valence-electron chi connectivity index (χ3n) is 2.72. The number of nitrogens with two attached hydrogens (primary N) is 1. The molecule has 0 fully saturated rings. The topological polar surface area (TPSA) is 64.3 Å². The number of carbonyl (C=O) groups is 1. The summed E-state index contributed by atoms with van der Waals surface area (Å²) in [5, 5.41) is 0.222. The Morgan fingerprint density at radius 2 is 2.10 bits per heavy atom. The molecule has 0 heterocycles. The van der Waals surface area contributed by atoms with Gasteiger partial charge in [0.05, 0.1) is 9.50 Å². The second-order valence-corrected chi connectivity index (χ2v) is 5.38. The lowest BCUT2D eigenvalue weighted by Gasteiger charge is -2.12. The Hall–Kier alpha value is -1.63. The van der Waals surface area contributed by atoms with Crippen LogP contribution in [-0.2, 0) is 6.61 Å². The highest BCUT2D eigenvalue weighted by atomic mass is 79.9. The molecule has 1 amide bonds. The third-order valence-corrected chi connectivity index (χ3v) is 3.59. The maximum Gasteiger partial charge on any atom is 0.265 e. The molecule has 2 aromatic rings. The summed E-state index contributed by atoms with van der Waals surface area (Å²) in [7, 11) is 0. The summed E-state index contributed by atoms with van der Waals surface area (Å²) in [6.07, 6.45) is 0. The van der Waals surface area contributed by atoms with Gasteiger partial charge in [-0.25, -0.2) is 10.2 Å². The Kier molecular flexibility index (Phi) is 5.17. The monoisotopic (exact) mass is 372 g/mol. The van der Waals surface area contributed by atoms with Crippen molar-refractivity contribution < 1.29 is 13.9 Å². The van der Waals surface area contributed by atoms with E-state index in [4.69, 9.17) is 22.2 Å². The van der Waals surface area contributed by atoms with Crippen molar-refractivity contribution in [2.24, 2.45) is 5.84 Å². The van der Waals surface area contributed by atoms with Crippen molar-refractivity contribution in [3.8, 4) is 5.75 Å². The number of amides is 1. The van der Waals surface area contributed by atoms with Crippen molar-refractivity contribution in [2.75, 3.05) is 0 Å². The van der Waals surface area contributed by atoms with Crippen LogP contribution in [0.1, 0.15) is 15.9 Å². The fourth-order valence-electron chi connectivity index (χ4n) is 1.68. The van der Waals surface area contributed by atoms with Crippen LogP contribution >= 0.6 is 27.5 Å². The molecule has 21 heavy (non-hydrogen) atoms. The molecule has 0 saturated heterocycles. The first-order chi connectivity index (χ1) is 10.0. The van der Waals surface area contributed by atoms with Gasteiger partial charge >= 0.3 is 0 Å². The van der Waals surface area contributed by atoms with Crippen LogP contribution in [0.15, 0.2) is 40.9 Å². The normalized spacial score (nSPS) is 10.3. The van der Waals surface area contributed by atoms with Crippen LogP contribution in [0, 0.1) is 5.82 Å². The van der Waals surface area contributed by atoms with E-state index < -0.39 is 5.91 Å². The molecular formula is C14H11BrClFN2O2. The lowest BCUT2D eigenvalue weighted by atomic mass is 10.2. The highest BCUT2D eigenvalue weighted by Crippen LogP contribution is 2.35. The van der Waals surface area contributed by atoms with Gasteiger partial charge in [0.15, 0.2) is 5.75 Å². The molecule has 3 N–H and O–H groups in total. The number of ether oxygens (including phenoxy) is 1. The van der Waals surface area contributed by atoms with Crippen molar-refractivity contribution in [3.05, 3.63) is 62.8 Å². The molecule has 7 heteroatoms. The molecule has 0 aliphatic carbocycles. The second kappa shape index (κ2) is 6.89. The van der Waals surface area contributed by atoms with Crippen LogP contribution in [0.2, 0.25) is 5.02 Å². The fraction of sp³-hybridized carbons (Fsp3) is 0.0714. The van der Waals surface area contributed by atoms with E-state index in [1.54, 1.807) is 18.2 Å². The smallest absolute Gasteiger partial charge is 0.265 e. The molecule has 2 aromatic carbocycles. The summed E-state index contributed by atoms with van der Waals surface area (Å²) >= 11 is 9.34. The molecule has 0 aliphatic rings. The van der Waals surface area contributed by atoms with Crippen molar-refractivity contribution >= 4 is 33.4 Å². The number of nitrogen functional groups attached to an aromatic ring is 1. The van der Waals surface area contributed by atoms with Gasteiger partial charge in [-0.3, -0.25) is 10.2 Å². The van der Waals surface area contributed by atoms with E-state index in [1.807, 2.05) is 5.43 Å². The van der Waals surface area contributed by atoms with Crippen LogP contribution in [0.3, 0.4) is 0 Å². The zero-order valence-electron chi connectivity index (χ0n) is 10.7. The van der Waals surface area contributed by atoms with E-state index in [0.717, 1.165) is 0 Å². The second-order valence-electron chi connectivity index (χ2n) is 4.12. The Bertz CT molecular complexity index is 659. The van der Waals surface area contributed by atoms with E-state index in [-0.39, 0.29) is 23.0 Å². The predicted molar refractivity (Wildman–Crippen MR) is 81.5 cm³/mol. The van der Waals surface area contributed by atoms with Crippen molar-refractivity contribution in [2.45, 2.75) is 6.61 Å². The maximum atomic E-state index is 13.5. The summed E-state index contributed by atoms with van der Waals surface area (Å²) in [4.78, 5) is 11.4. The summed E-state index contributed by atoms with van der Waals surface area (Å²) in [5.41, 5.74) is 2.70. The summed E-state index contributed by atoms with van der Waals surface area (Å²) in [6.45, 7) is 0.0213. The molecule has 0 saturated carbocycles. The van der Waals surface area contributed by atoms with Gasteiger partial charge in [-0.15, -0.1) is 0 Å². The van der Waals surface area contributed by atoms with Crippen LogP contribution < -0.4 is 16.0 Å². The molecule has 0 aromatic heterocycles. The number of benzene rings is 2. The van der Waals surface area contributed by atoms with Gasteiger partial charge in [0.25, 0.3) is 5.91 Å². The van der Waals surface area contributed by atoms with Gasteiger partial charge in [-0.05, 0) is 34.1 Å². The molecule has 0 bridgehead atoms. The predicted octanol–water partition coefficient (Wildman–Crippen LogP) is 3.42. The SMILES string of the molecule is NNC(=O)c1cc(Cl)c(OCc2ccccc2F)c(Br)c1. The lowest BCUT2D eigenvalue weighted by Crippen LogP contribution is -2.29. The molecule has 110 valence electrons. The zero-order chi connectivity index (χ0) is 15.4. The minimum atomic E-state index is -0.474. The number of nitrogens with one attached hydrogen (secondary N) is 1. The number of halogens is 3. The first kappa shape index (κ1) is 15.8. The van der Waals surface area contributed by atoms with Gasteiger partial charge in [0.1, 0.15) is 12.4 Å². The third kappa shape index (κ3) is 3.72. The van der Waals surface area contributed by atoms with Gasteiger partial charge < -0.3 is 4.74 Å². The fourth-order valence-corrected chi connectivity index (χ4v) is 2.64. The minimum Gasteiger partial charge on any atom is -0.486 e. The molecule has 0 radical (unpaired) electrons. The van der Waals surface area contributed by atoms with Gasteiger partial charge in [-0.1, -0.05) is 29.8 Å². The van der Waals surface area contributed by atoms with Gasteiger partial charge in [-0.2, -0.15) is 0 Å². The molecule has 0 spiro atoms. The van der Waals surface area contributed by atoms with Crippen molar-refractivity contribution in [3.63, 3.8) is 0 Å². The van der Waals surface area contributed by atoms with E-state index in [9.17, 15) is 9.18 Å². The van der Waals surface area contributed by atoms with Crippen molar-refractivity contribution in [1.29, 1.82) is 0 Å². The lowest BCUT2D eigenvalue weighted by molar-refractivity contribution is 0.0953. The maximum absolute atomic E-state index is 13.5. The Morgan fingerprint density at radius 1 is 1.38 bits per heavy atom. The van der Waals surface area contributed by atoms with E-state index in [0.29, 0.717) is 15.8 Å². The average molecular weight is 374 g/mol. The number of hydrogen-bond donors (Lipinski definition) is 2. The highest BCUT2D eigenvalue weighted by Gasteiger charge is 2.14. The van der Waals surface area contributed by atoms with E-state index in [2.05, 4.69) is 15.9 Å². The molecular weight excluding hydrogens is 363 g/mol. The first-order valence-corrected chi connectivity index (χ1v) is 7.06. The molecule has 2 rings (SSSR count). The summed E-state index contributed by atoms with van der Waals surface area (Å²) in [6, 6.07) is 9.22. The number of hydrogen-bond acceptors (Lipinski definition) is 3. The van der Waals surface area contributed by atoms with E-state index >= 15 is 0 Å². The van der Waals surface area contributed by atoms with Crippen LogP contribution in [0.25, 0.3) is 0 Å². The molecule has 4 nitrogen and oxygen atoms in total. The zero-order valence-corrected chi connectivity index (χ0v) is 13.0. The Morgan fingerprint density at radius 3 is 2.71 bits per heavy atom. The van der Waals surface area contributed by atoms with Crippen LogP contribution in [0.4, 0.5) is 4.39 Å². The summed E-state index contributed by atoms with van der Waals surface area (Å²) in [5.74, 6) is 4.56. The minimum absolute atomic E-state index is 0.0213. The summed E-state index contributed by atoms with van der Waals surface area (Å²) < 4.78 is 19.5. The molecule has 0 atom stereocenters. The number of hydrazine groups is 1. The van der Waals surface area contributed by atoms with E-state index in [1.165, 1.54) is 18.2 Å². The highest BCUT2D eigenvalue weighted by molar-refractivity contribution is 9.10. The van der Waals surface area contributed by atoms with Gasteiger partial charge in [0.2, 0.25) is 0 Å². The Balaban J connectivity index is 2.21. The van der Waals surface area contributed by atoms with Crippen molar-refractivity contribution in [1.82, 2.24) is 5.43 Å². The van der Waals surface area contributed by atoms with Gasteiger partial charge in [0, 0.05) is 11.1 Å². The molecule has 0 aliphatic heterocycles. The number of rotatable bonds is 4. The molecule has 0 unspecified atom stereocenters. The first-order valence-electron chi connectivity index (χ1n) is 5.89. The average Bonchev–Trinajstić information content (AvgIpc) is 2.47. The van der Waals surface area contributed by atoms with Crippen LogP contribution in [0.5, 0.6) is 5.75 Å². The Labute approximate surface area is 134 Å². The standard InChI is InChI=1S/C14H11BrClFN2O2/c15-10-5-9(14(20)19-18)6-11(16)13(10)21-7-8-3-1-2-4-12(8)17/h1-6H,7,18H2,(H,19,20).